The molecule has 1 aliphatic carbocycles. The standard InChI is InChI=1S/C15H15F3N4O2/c16-15(17,18)10-3-1-4-11(7-10)22-8-12(20-21-22)13(23)19-9-14(24)5-2-6-14/h1,3-4,7-8,24H,2,5-6,9H2,(H,19,23). The van der Waals surface area contributed by atoms with Crippen molar-refractivity contribution < 1.29 is 23.1 Å². The average Bonchev–Trinajstić information content (AvgIpc) is 3.00. The first-order valence-corrected chi connectivity index (χ1v) is 7.37. The molecule has 0 atom stereocenters. The van der Waals surface area contributed by atoms with Crippen molar-refractivity contribution in [2.75, 3.05) is 6.54 Å². The van der Waals surface area contributed by atoms with Gasteiger partial charge in [-0.25, -0.2) is 4.68 Å². The minimum Gasteiger partial charge on any atom is -0.388 e. The molecule has 0 spiro atoms. The van der Waals surface area contributed by atoms with E-state index >= 15 is 0 Å². The number of carbonyl (C=O) groups is 1. The van der Waals surface area contributed by atoms with Crippen LogP contribution in [0.3, 0.4) is 0 Å². The van der Waals surface area contributed by atoms with Gasteiger partial charge in [-0.05, 0) is 37.5 Å². The minimum absolute atomic E-state index is 0.0321. The lowest BCUT2D eigenvalue weighted by molar-refractivity contribution is -0.137. The van der Waals surface area contributed by atoms with Crippen LogP contribution in [0, 0.1) is 0 Å². The highest BCUT2D eigenvalue weighted by Crippen LogP contribution is 2.31. The molecule has 9 heteroatoms. The normalized spacial score (nSPS) is 16.5. The zero-order valence-corrected chi connectivity index (χ0v) is 12.5. The Bertz CT molecular complexity index is 753. The Morgan fingerprint density at radius 3 is 2.75 bits per heavy atom. The predicted molar refractivity (Wildman–Crippen MR) is 77.5 cm³/mol. The topological polar surface area (TPSA) is 80.0 Å². The van der Waals surface area contributed by atoms with Crippen molar-refractivity contribution >= 4 is 5.91 Å². The van der Waals surface area contributed by atoms with Gasteiger partial charge in [0.1, 0.15) is 0 Å². The van der Waals surface area contributed by atoms with Crippen LogP contribution in [0.4, 0.5) is 13.2 Å². The fourth-order valence-electron chi connectivity index (χ4n) is 2.42. The summed E-state index contributed by atoms with van der Waals surface area (Å²) in [6.07, 6.45) is -1.04. The first-order chi connectivity index (χ1) is 11.3. The maximum absolute atomic E-state index is 12.7. The summed E-state index contributed by atoms with van der Waals surface area (Å²) in [6.45, 7) is 0.113. The largest absolute Gasteiger partial charge is 0.416 e. The molecule has 1 fully saturated rings. The Kier molecular flexibility index (Phi) is 4.04. The molecule has 3 rings (SSSR count). The lowest BCUT2D eigenvalue weighted by Crippen LogP contribution is -2.47. The number of benzene rings is 1. The fourth-order valence-corrected chi connectivity index (χ4v) is 2.42. The molecule has 2 aromatic rings. The molecule has 1 saturated carbocycles. The zero-order chi connectivity index (χ0) is 17.4. The van der Waals surface area contributed by atoms with Crippen molar-refractivity contribution in [1.82, 2.24) is 20.3 Å². The van der Waals surface area contributed by atoms with E-state index in [1.54, 1.807) is 0 Å². The number of amides is 1. The monoisotopic (exact) mass is 340 g/mol. The van der Waals surface area contributed by atoms with Crippen LogP contribution in [0.5, 0.6) is 0 Å². The number of aromatic nitrogens is 3. The van der Waals surface area contributed by atoms with Crippen molar-refractivity contribution in [3.63, 3.8) is 0 Å². The van der Waals surface area contributed by atoms with E-state index in [0.29, 0.717) is 12.8 Å². The number of rotatable bonds is 4. The van der Waals surface area contributed by atoms with E-state index in [-0.39, 0.29) is 17.9 Å². The van der Waals surface area contributed by atoms with Crippen molar-refractivity contribution in [1.29, 1.82) is 0 Å². The SMILES string of the molecule is O=C(NCC1(O)CCC1)c1cn(-c2cccc(C(F)(F)F)c2)nn1. The number of nitrogens with zero attached hydrogens (tertiary/aromatic N) is 3. The molecule has 0 unspecified atom stereocenters. The Balaban J connectivity index is 1.72. The van der Waals surface area contributed by atoms with Crippen LogP contribution in [0.25, 0.3) is 5.69 Å². The van der Waals surface area contributed by atoms with Gasteiger partial charge in [0.15, 0.2) is 5.69 Å². The van der Waals surface area contributed by atoms with E-state index in [1.807, 2.05) is 0 Å². The summed E-state index contributed by atoms with van der Waals surface area (Å²) in [5.74, 6) is -0.534. The quantitative estimate of drug-likeness (QED) is 0.891. The van der Waals surface area contributed by atoms with Crippen LogP contribution < -0.4 is 5.32 Å². The first-order valence-electron chi connectivity index (χ1n) is 7.37. The number of hydrogen-bond acceptors (Lipinski definition) is 4. The van der Waals surface area contributed by atoms with Crippen LogP contribution in [0.2, 0.25) is 0 Å². The second kappa shape index (κ2) is 5.90. The molecule has 2 N–H and O–H groups in total. The average molecular weight is 340 g/mol. The summed E-state index contributed by atoms with van der Waals surface area (Å²) >= 11 is 0. The number of nitrogens with one attached hydrogen (secondary N) is 1. The third-order valence-corrected chi connectivity index (χ3v) is 4.03. The summed E-state index contributed by atoms with van der Waals surface area (Å²) in [4.78, 5) is 12.0. The number of halogens is 3. The van der Waals surface area contributed by atoms with Gasteiger partial charge in [-0.15, -0.1) is 5.10 Å². The predicted octanol–water partition coefficient (Wildman–Crippen LogP) is 1.93. The van der Waals surface area contributed by atoms with Gasteiger partial charge in [0.05, 0.1) is 23.0 Å². The molecule has 1 aromatic heterocycles. The van der Waals surface area contributed by atoms with Gasteiger partial charge in [-0.1, -0.05) is 11.3 Å². The molecular formula is C15H15F3N4O2. The molecule has 1 amide bonds. The number of alkyl halides is 3. The van der Waals surface area contributed by atoms with Gasteiger partial charge in [0.25, 0.3) is 5.91 Å². The smallest absolute Gasteiger partial charge is 0.388 e. The van der Waals surface area contributed by atoms with E-state index in [2.05, 4.69) is 15.6 Å². The summed E-state index contributed by atoms with van der Waals surface area (Å²) in [6, 6.07) is 4.56. The first kappa shape index (κ1) is 16.4. The Morgan fingerprint density at radius 2 is 2.12 bits per heavy atom. The van der Waals surface area contributed by atoms with Crippen LogP contribution in [-0.2, 0) is 6.18 Å². The van der Waals surface area contributed by atoms with E-state index in [4.69, 9.17) is 0 Å². The molecule has 6 nitrogen and oxygen atoms in total. The van der Waals surface area contributed by atoms with Gasteiger partial charge >= 0.3 is 6.18 Å². The van der Waals surface area contributed by atoms with Crippen molar-refractivity contribution in [3.05, 3.63) is 41.7 Å². The van der Waals surface area contributed by atoms with Gasteiger partial charge in [0.2, 0.25) is 0 Å². The summed E-state index contributed by atoms with van der Waals surface area (Å²) < 4.78 is 39.3. The number of hydrogen-bond donors (Lipinski definition) is 2. The summed E-state index contributed by atoms with van der Waals surface area (Å²) in [5.41, 5.74) is -1.56. The van der Waals surface area contributed by atoms with Crippen LogP contribution >= 0.6 is 0 Å². The lowest BCUT2D eigenvalue weighted by Gasteiger charge is -2.36. The van der Waals surface area contributed by atoms with Crippen LogP contribution in [-0.4, -0.2) is 38.2 Å². The maximum Gasteiger partial charge on any atom is 0.416 e. The number of carbonyl (C=O) groups excluding carboxylic acids is 1. The molecule has 0 bridgehead atoms. The highest BCUT2D eigenvalue weighted by Gasteiger charge is 2.35. The molecule has 128 valence electrons. The van der Waals surface area contributed by atoms with E-state index < -0.39 is 23.2 Å². The minimum atomic E-state index is -4.46. The Labute approximate surface area is 135 Å². The molecular weight excluding hydrogens is 325 g/mol. The highest BCUT2D eigenvalue weighted by atomic mass is 19.4. The van der Waals surface area contributed by atoms with Crippen molar-refractivity contribution in [2.45, 2.75) is 31.0 Å². The third-order valence-electron chi connectivity index (χ3n) is 4.03. The number of aliphatic hydroxyl groups is 1. The maximum atomic E-state index is 12.7. The van der Waals surface area contributed by atoms with Crippen molar-refractivity contribution in [3.8, 4) is 5.69 Å². The van der Waals surface area contributed by atoms with Gasteiger partial charge in [-0.2, -0.15) is 13.2 Å². The highest BCUT2D eigenvalue weighted by molar-refractivity contribution is 5.91. The second-order valence-corrected chi connectivity index (χ2v) is 5.86. The summed E-state index contributed by atoms with van der Waals surface area (Å²) in [7, 11) is 0. The Morgan fingerprint density at radius 1 is 1.38 bits per heavy atom. The van der Waals surface area contributed by atoms with Gasteiger partial charge in [0, 0.05) is 6.54 Å². The van der Waals surface area contributed by atoms with Crippen LogP contribution in [0.1, 0.15) is 35.3 Å². The molecule has 24 heavy (non-hydrogen) atoms. The van der Waals surface area contributed by atoms with E-state index in [0.717, 1.165) is 23.2 Å². The van der Waals surface area contributed by atoms with E-state index in [1.165, 1.54) is 18.3 Å². The van der Waals surface area contributed by atoms with Gasteiger partial charge in [-0.3, -0.25) is 4.79 Å². The molecule has 0 saturated heterocycles. The molecule has 1 aliphatic rings. The molecule has 0 aliphatic heterocycles. The lowest BCUT2D eigenvalue weighted by atomic mass is 9.80. The Hall–Kier alpha value is -2.42. The third kappa shape index (κ3) is 3.40. The van der Waals surface area contributed by atoms with Gasteiger partial charge < -0.3 is 10.4 Å². The molecule has 1 aromatic carbocycles. The molecule has 1 heterocycles. The van der Waals surface area contributed by atoms with Crippen LogP contribution in [0.15, 0.2) is 30.5 Å². The van der Waals surface area contributed by atoms with E-state index in [9.17, 15) is 23.1 Å². The molecule has 0 radical (unpaired) electrons. The zero-order valence-electron chi connectivity index (χ0n) is 12.5. The van der Waals surface area contributed by atoms with Crippen molar-refractivity contribution in [2.24, 2.45) is 0 Å². The fraction of sp³-hybridized carbons (Fsp3) is 0.400. The second-order valence-electron chi connectivity index (χ2n) is 5.86. The summed E-state index contributed by atoms with van der Waals surface area (Å²) in [5, 5.41) is 19.8.